The first-order chi connectivity index (χ1) is 15.2. The zero-order valence-corrected chi connectivity index (χ0v) is 17.0. The second-order valence-corrected chi connectivity index (χ2v) is 6.77. The Morgan fingerprint density at radius 2 is 2.10 bits per heavy atom. The Balaban J connectivity index is 1.69. The molecule has 0 spiro atoms. The number of nitrogens with one attached hydrogen (secondary N) is 3. The number of aliphatic hydroxyl groups excluding tert-OH is 1. The summed E-state index contributed by atoms with van der Waals surface area (Å²) in [5.74, 6) is 1.05. The number of fused-ring (bicyclic) bond motifs is 2. The van der Waals surface area contributed by atoms with Crippen molar-refractivity contribution in [3.63, 3.8) is 0 Å². The molecule has 9 nitrogen and oxygen atoms in total. The van der Waals surface area contributed by atoms with Gasteiger partial charge in [-0.15, -0.1) is 0 Å². The first-order valence-electron chi connectivity index (χ1n) is 9.79. The van der Waals surface area contributed by atoms with Gasteiger partial charge in [0.1, 0.15) is 18.2 Å². The van der Waals surface area contributed by atoms with Gasteiger partial charge in [-0.25, -0.2) is 0 Å². The number of rotatable bonds is 9. The van der Waals surface area contributed by atoms with Crippen LogP contribution in [0.4, 0.5) is 11.4 Å². The number of hydrogen-bond acceptors (Lipinski definition) is 8. The zero-order valence-electron chi connectivity index (χ0n) is 17.0. The van der Waals surface area contributed by atoms with Crippen molar-refractivity contribution in [3.05, 3.63) is 48.3 Å². The van der Waals surface area contributed by atoms with Gasteiger partial charge in [-0.2, -0.15) is 10.4 Å². The minimum absolute atomic E-state index is 0.0769. The fourth-order valence-electron chi connectivity index (χ4n) is 3.35. The third-order valence-corrected chi connectivity index (χ3v) is 4.82. The molecule has 0 bridgehead atoms. The molecule has 0 aliphatic carbocycles. The lowest BCUT2D eigenvalue weighted by Crippen LogP contribution is -2.24. The molecule has 0 unspecified atom stereocenters. The maximum atomic E-state index is 9.64. The number of benzene rings is 2. The minimum Gasteiger partial charge on any atom is -0.491 e. The third-order valence-electron chi connectivity index (χ3n) is 4.82. The van der Waals surface area contributed by atoms with Gasteiger partial charge in [0.25, 0.3) is 0 Å². The maximum Gasteiger partial charge on any atom is 0.187 e. The average Bonchev–Trinajstić information content (AvgIpc) is 3.26. The van der Waals surface area contributed by atoms with Crippen LogP contribution in [0.5, 0.6) is 11.5 Å². The summed E-state index contributed by atoms with van der Waals surface area (Å²) in [6, 6.07) is 11.7. The fraction of sp³-hybridized carbons (Fsp3) is 0.227. The fourth-order valence-corrected chi connectivity index (χ4v) is 3.35. The molecule has 31 heavy (non-hydrogen) atoms. The van der Waals surface area contributed by atoms with E-state index >= 15 is 0 Å². The van der Waals surface area contributed by atoms with Crippen LogP contribution in [0.3, 0.4) is 0 Å². The Morgan fingerprint density at radius 1 is 1.19 bits per heavy atom. The standard InChI is InChI=1S/C22H22N6O3/c1-30-22-19(31-9-7-24-6-8-29)5-4-17-20(15(11-23)12-25-21(17)22)27-16-3-2-14-13-26-28-18(14)10-16/h2-5,10,12-13,24,29H,6-9H2,1H3,(H,25,27)(H,26,28). The molecule has 0 atom stereocenters. The number of nitrogens with zero attached hydrogens (tertiary/aromatic N) is 3. The highest BCUT2D eigenvalue weighted by atomic mass is 16.5. The number of anilines is 2. The smallest absolute Gasteiger partial charge is 0.187 e. The summed E-state index contributed by atoms with van der Waals surface area (Å²) in [7, 11) is 1.56. The number of ether oxygens (including phenoxy) is 2. The number of aliphatic hydroxyl groups is 1. The van der Waals surface area contributed by atoms with Crippen LogP contribution in [-0.2, 0) is 0 Å². The predicted octanol–water partition coefficient (Wildman–Crippen LogP) is 2.70. The van der Waals surface area contributed by atoms with Crippen molar-refractivity contribution in [2.24, 2.45) is 0 Å². The van der Waals surface area contributed by atoms with E-state index in [4.69, 9.17) is 14.6 Å². The van der Waals surface area contributed by atoms with E-state index in [1.165, 1.54) is 6.20 Å². The number of hydrogen-bond donors (Lipinski definition) is 4. The lowest BCUT2D eigenvalue weighted by Gasteiger charge is -2.16. The summed E-state index contributed by atoms with van der Waals surface area (Å²) in [4.78, 5) is 4.45. The van der Waals surface area contributed by atoms with E-state index < -0.39 is 0 Å². The Labute approximate surface area is 178 Å². The molecule has 2 aromatic heterocycles. The summed E-state index contributed by atoms with van der Waals surface area (Å²) in [5, 5.41) is 33.6. The van der Waals surface area contributed by atoms with Crippen molar-refractivity contribution in [3.8, 4) is 17.6 Å². The summed E-state index contributed by atoms with van der Waals surface area (Å²) in [6.07, 6.45) is 3.28. The molecule has 4 rings (SSSR count). The van der Waals surface area contributed by atoms with Crippen LogP contribution in [0.15, 0.2) is 42.7 Å². The van der Waals surface area contributed by atoms with Crippen molar-refractivity contribution in [1.29, 1.82) is 5.26 Å². The van der Waals surface area contributed by atoms with E-state index in [1.54, 1.807) is 19.4 Å². The Bertz CT molecular complexity index is 1250. The molecule has 0 radical (unpaired) electrons. The van der Waals surface area contributed by atoms with Crippen LogP contribution in [0, 0.1) is 11.3 Å². The molecule has 9 heteroatoms. The van der Waals surface area contributed by atoms with Gasteiger partial charge in [0.15, 0.2) is 11.5 Å². The van der Waals surface area contributed by atoms with Gasteiger partial charge in [-0.05, 0) is 30.3 Å². The summed E-state index contributed by atoms with van der Waals surface area (Å²) in [5.41, 5.74) is 3.36. The van der Waals surface area contributed by atoms with E-state index in [2.05, 4.69) is 31.9 Å². The number of nitriles is 1. The van der Waals surface area contributed by atoms with E-state index in [0.29, 0.717) is 48.0 Å². The van der Waals surface area contributed by atoms with Gasteiger partial charge in [0.05, 0.1) is 36.7 Å². The zero-order chi connectivity index (χ0) is 21.6. The first-order valence-corrected chi connectivity index (χ1v) is 9.79. The Kier molecular flexibility index (Phi) is 6.12. The van der Waals surface area contributed by atoms with Crippen LogP contribution in [0.2, 0.25) is 0 Å². The molecule has 0 saturated carbocycles. The van der Waals surface area contributed by atoms with Crippen LogP contribution in [0.25, 0.3) is 21.8 Å². The maximum absolute atomic E-state index is 9.64. The first kappa shape index (κ1) is 20.4. The van der Waals surface area contributed by atoms with Gasteiger partial charge in [0.2, 0.25) is 0 Å². The highest BCUT2D eigenvalue weighted by Crippen LogP contribution is 2.39. The van der Waals surface area contributed by atoms with Crippen molar-refractivity contribution >= 4 is 33.2 Å². The third kappa shape index (κ3) is 4.21. The van der Waals surface area contributed by atoms with E-state index in [-0.39, 0.29) is 6.61 Å². The molecule has 0 saturated heterocycles. The lowest BCUT2D eigenvalue weighted by molar-refractivity contribution is 0.270. The summed E-state index contributed by atoms with van der Waals surface area (Å²) >= 11 is 0. The van der Waals surface area contributed by atoms with E-state index in [0.717, 1.165) is 22.0 Å². The van der Waals surface area contributed by atoms with Crippen LogP contribution in [0.1, 0.15) is 5.56 Å². The number of methoxy groups -OCH3 is 1. The highest BCUT2D eigenvalue weighted by molar-refractivity contribution is 6.00. The van der Waals surface area contributed by atoms with Crippen LogP contribution >= 0.6 is 0 Å². The quantitative estimate of drug-likeness (QED) is 0.306. The monoisotopic (exact) mass is 418 g/mol. The minimum atomic E-state index is 0.0769. The number of aromatic amines is 1. The largest absolute Gasteiger partial charge is 0.491 e. The van der Waals surface area contributed by atoms with Crippen molar-refractivity contribution in [1.82, 2.24) is 20.5 Å². The highest BCUT2D eigenvalue weighted by Gasteiger charge is 2.17. The normalized spacial score (nSPS) is 10.9. The van der Waals surface area contributed by atoms with E-state index in [1.807, 2.05) is 24.3 Å². The molecule has 0 fully saturated rings. The Morgan fingerprint density at radius 3 is 2.90 bits per heavy atom. The molecular formula is C22H22N6O3. The van der Waals surface area contributed by atoms with Gasteiger partial charge in [-0.3, -0.25) is 10.1 Å². The molecule has 0 aliphatic rings. The van der Waals surface area contributed by atoms with Crippen molar-refractivity contribution in [2.45, 2.75) is 0 Å². The number of aromatic nitrogens is 3. The second-order valence-electron chi connectivity index (χ2n) is 6.77. The molecule has 2 heterocycles. The van der Waals surface area contributed by atoms with Gasteiger partial charge in [0, 0.05) is 35.7 Å². The number of pyridine rings is 1. The summed E-state index contributed by atoms with van der Waals surface area (Å²) in [6.45, 7) is 1.59. The lowest BCUT2D eigenvalue weighted by atomic mass is 10.1. The topological polar surface area (TPSA) is 128 Å². The molecule has 158 valence electrons. The van der Waals surface area contributed by atoms with Crippen LogP contribution < -0.4 is 20.1 Å². The van der Waals surface area contributed by atoms with Crippen LogP contribution in [-0.4, -0.2) is 53.7 Å². The van der Waals surface area contributed by atoms with Gasteiger partial charge >= 0.3 is 0 Å². The predicted molar refractivity (Wildman–Crippen MR) is 118 cm³/mol. The van der Waals surface area contributed by atoms with Crippen molar-refractivity contribution < 1.29 is 14.6 Å². The Hall–Kier alpha value is -3.87. The SMILES string of the molecule is COc1c(OCCNCCO)ccc2c(Nc3ccc4cn[nH]c4c3)c(C#N)cnc12. The molecule has 2 aromatic carbocycles. The number of H-pyrrole nitrogens is 1. The van der Waals surface area contributed by atoms with E-state index in [9.17, 15) is 5.26 Å². The molecule has 0 amide bonds. The van der Waals surface area contributed by atoms with Crippen molar-refractivity contribution in [2.75, 3.05) is 38.7 Å². The average molecular weight is 418 g/mol. The molecule has 0 aliphatic heterocycles. The molecule has 4 aromatic rings. The van der Waals surface area contributed by atoms with Gasteiger partial charge in [-0.1, -0.05) is 0 Å². The van der Waals surface area contributed by atoms with Gasteiger partial charge < -0.3 is 25.2 Å². The second kappa shape index (κ2) is 9.30. The molecule has 4 N–H and O–H groups in total. The molecular weight excluding hydrogens is 396 g/mol. The summed E-state index contributed by atoms with van der Waals surface area (Å²) < 4.78 is 11.4.